The van der Waals surface area contributed by atoms with Crippen LogP contribution in [-0.4, -0.2) is 24.0 Å². The molecule has 0 spiro atoms. The quantitative estimate of drug-likeness (QED) is 0.707. The second-order valence-corrected chi connectivity index (χ2v) is 3.46. The van der Waals surface area contributed by atoms with E-state index in [9.17, 15) is 9.59 Å². The molecule has 0 fully saturated rings. The molecule has 0 heterocycles. The van der Waals surface area contributed by atoms with Crippen molar-refractivity contribution in [1.82, 2.24) is 0 Å². The van der Waals surface area contributed by atoms with Crippen molar-refractivity contribution in [1.29, 1.82) is 0 Å². The number of carbonyl (C=O) groups is 2. The summed E-state index contributed by atoms with van der Waals surface area (Å²) in [4.78, 5) is 22.8. The number of anilines is 1. The van der Waals surface area contributed by atoms with Crippen LogP contribution in [0.15, 0.2) is 18.2 Å². The van der Waals surface area contributed by atoms with Gasteiger partial charge in [-0.3, -0.25) is 4.79 Å². The summed E-state index contributed by atoms with van der Waals surface area (Å²) in [5.41, 5.74) is 2.58. The van der Waals surface area contributed by atoms with Gasteiger partial charge in [0.15, 0.2) is 0 Å². The van der Waals surface area contributed by atoms with Gasteiger partial charge in [0.25, 0.3) is 0 Å². The Bertz CT molecular complexity index is 412. The van der Waals surface area contributed by atoms with Gasteiger partial charge < -0.3 is 10.0 Å². The van der Waals surface area contributed by atoms with Crippen molar-refractivity contribution in [2.45, 2.75) is 13.8 Å². The van der Waals surface area contributed by atoms with Crippen molar-refractivity contribution in [3.63, 3.8) is 0 Å². The molecule has 4 nitrogen and oxygen atoms in total. The Hall–Kier alpha value is -1.84. The molecule has 0 aliphatic rings. The van der Waals surface area contributed by atoms with E-state index >= 15 is 0 Å². The van der Waals surface area contributed by atoms with Gasteiger partial charge >= 0.3 is 11.9 Å². The van der Waals surface area contributed by atoms with Crippen molar-refractivity contribution >= 4 is 17.6 Å². The number of carboxylic acids is 1. The molecule has 1 aromatic carbocycles. The number of likely N-dealkylation sites (N-methyl/N-ethyl adjacent to an activating group) is 1. The molecule has 0 unspecified atom stereocenters. The van der Waals surface area contributed by atoms with Gasteiger partial charge in [-0.05, 0) is 25.5 Å². The zero-order chi connectivity index (χ0) is 11.6. The lowest BCUT2D eigenvalue weighted by molar-refractivity contribution is -0.148. The predicted molar refractivity (Wildman–Crippen MR) is 57.0 cm³/mol. The summed E-state index contributed by atoms with van der Waals surface area (Å²) < 4.78 is 0. The summed E-state index contributed by atoms with van der Waals surface area (Å²) in [7, 11) is 1.45. The Labute approximate surface area is 88.1 Å². The van der Waals surface area contributed by atoms with Gasteiger partial charge in [-0.1, -0.05) is 17.7 Å². The van der Waals surface area contributed by atoms with Crippen molar-refractivity contribution in [3.8, 4) is 0 Å². The predicted octanol–water partition coefficient (Wildman–Crippen LogP) is 1.35. The van der Waals surface area contributed by atoms with E-state index in [2.05, 4.69) is 0 Å². The summed E-state index contributed by atoms with van der Waals surface area (Å²) >= 11 is 0. The van der Waals surface area contributed by atoms with Gasteiger partial charge in [0, 0.05) is 12.7 Å². The normalized spacial score (nSPS) is 9.80. The molecule has 0 radical (unpaired) electrons. The van der Waals surface area contributed by atoms with Crippen molar-refractivity contribution in [2.75, 3.05) is 11.9 Å². The Morgan fingerprint density at radius 1 is 1.27 bits per heavy atom. The van der Waals surface area contributed by atoms with Crippen LogP contribution in [0.2, 0.25) is 0 Å². The van der Waals surface area contributed by atoms with Crippen LogP contribution < -0.4 is 4.90 Å². The van der Waals surface area contributed by atoms with Crippen LogP contribution in [0.1, 0.15) is 11.1 Å². The van der Waals surface area contributed by atoms with E-state index in [4.69, 9.17) is 5.11 Å². The third-order valence-corrected chi connectivity index (χ3v) is 2.20. The number of hydrogen-bond acceptors (Lipinski definition) is 2. The van der Waals surface area contributed by atoms with E-state index in [0.29, 0.717) is 5.69 Å². The number of hydrogen-bond donors (Lipinski definition) is 1. The Kier molecular flexibility index (Phi) is 3.09. The van der Waals surface area contributed by atoms with Crippen molar-refractivity contribution < 1.29 is 14.7 Å². The van der Waals surface area contributed by atoms with Gasteiger partial charge in [-0.2, -0.15) is 0 Å². The summed E-state index contributed by atoms with van der Waals surface area (Å²) in [6.07, 6.45) is 0. The molecule has 1 amide bonds. The highest BCUT2D eigenvalue weighted by Crippen LogP contribution is 2.19. The number of amides is 1. The third kappa shape index (κ3) is 2.34. The molecule has 15 heavy (non-hydrogen) atoms. The minimum Gasteiger partial charge on any atom is -0.474 e. The zero-order valence-corrected chi connectivity index (χ0v) is 8.94. The summed E-state index contributed by atoms with van der Waals surface area (Å²) in [6, 6.07) is 5.49. The summed E-state index contributed by atoms with van der Waals surface area (Å²) in [6.45, 7) is 3.78. The molecule has 0 saturated carbocycles. The average Bonchev–Trinajstić information content (AvgIpc) is 2.15. The Morgan fingerprint density at radius 3 is 2.33 bits per heavy atom. The molecule has 0 aliphatic heterocycles. The number of carbonyl (C=O) groups excluding carboxylic acids is 1. The number of rotatable bonds is 1. The molecule has 1 aromatic rings. The molecule has 1 N–H and O–H groups in total. The topological polar surface area (TPSA) is 57.6 Å². The lowest BCUT2D eigenvalue weighted by atomic mass is 10.1. The maximum Gasteiger partial charge on any atom is 0.394 e. The monoisotopic (exact) mass is 207 g/mol. The summed E-state index contributed by atoms with van der Waals surface area (Å²) in [5.74, 6) is -2.38. The van der Waals surface area contributed by atoms with Crippen molar-refractivity contribution in [2.24, 2.45) is 0 Å². The van der Waals surface area contributed by atoms with E-state index < -0.39 is 11.9 Å². The fourth-order valence-corrected chi connectivity index (χ4v) is 1.43. The Morgan fingerprint density at radius 2 is 1.87 bits per heavy atom. The highest BCUT2D eigenvalue weighted by molar-refractivity contribution is 6.37. The second-order valence-electron chi connectivity index (χ2n) is 3.46. The fourth-order valence-electron chi connectivity index (χ4n) is 1.43. The lowest BCUT2D eigenvalue weighted by Crippen LogP contribution is -2.33. The van der Waals surface area contributed by atoms with Gasteiger partial charge in [0.1, 0.15) is 0 Å². The number of aliphatic carboxylic acids is 1. The molecule has 1 rings (SSSR count). The van der Waals surface area contributed by atoms with Crippen LogP contribution in [0.25, 0.3) is 0 Å². The van der Waals surface area contributed by atoms with Gasteiger partial charge in [-0.25, -0.2) is 4.79 Å². The number of aryl methyl sites for hydroxylation is 2. The van der Waals surface area contributed by atoms with E-state index in [1.165, 1.54) is 7.05 Å². The first-order chi connectivity index (χ1) is 6.93. The molecule has 80 valence electrons. The molecule has 0 bridgehead atoms. The van der Waals surface area contributed by atoms with Crippen LogP contribution in [0.4, 0.5) is 5.69 Å². The molecule has 0 saturated heterocycles. The van der Waals surface area contributed by atoms with Crippen LogP contribution in [0.3, 0.4) is 0 Å². The van der Waals surface area contributed by atoms with E-state index in [1.807, 2.05) is 26.0 Å². The molecule has 0 aromatic heterocycles. The number of carboxylic acid groups (broad SMARTS) is 1. The van der Waals surface area contributed by atoms with Crippen LogP contribution >= 0.6 is 0 Å². The third-order valence-electron chi connectivity index (χ3n) is 2.20. The molecular weight excluding hydrogens is 194 g/mol. The minimum atomic E-state index is -1.45. The average molecular weight is 207 g/mol. The van der Waals surface area contributed by atoms with Crippen LogP contribution in [0.5, 0.6) is 0 Å². The first-order valence-corrected chi connectivity index (χ1v) is 4.51. The molecule has 0 atom stereocenters. The van der Waals surface area contributed by atoms with Crippen molar-refractivity contribution in [3.05, 3.63) is 29.3 Å². The number of nitrogens with zero attached hydrogens (tertiary/aromatic N) is 1. The molecule has 0 aliphatic carbocycles. The highest BCUT2D eigenvalue weighted by Gasteiger charge is 2.19. The zero-order valence-electron chi connectivity index (χ0n) is 8.94. The largest absolute Gasteiger partial charge is 0.474 e. The molecular formula is C11H13NO3. The van der Waals surface area contributed by atoms with E-state index in [1.54, 1.807) is 6.07 Å². The summed E-state index contributed by atoms with van der Waals surface area (Å²) in [5, 5.41) is 8.57. The van der Waals surface area contributed by atoms with Crippen LogP contribution in [0, 0.1) is 13.8 Å². The second kappa shape index (κ2) is 4.13. The lowest BCUT2D eigenvalue weighted by Gasteiger charge is -2.17. The maximum absolute atomic E-state index is 11.2. The number of benzene rings is 1. The first-order valence-electron chi connectivity index (χ1n) is 4.51. The highest BCUT2D eigenvalue weighted by atomic mass is 16.4. The van der Waals surface area contributed by atoms with Gasteiger partial charge in [0.2, 0.25) is 0 Å². The van der Waals surface area contributed by atoms with Crippen LogP contribution in [-0.2, 0) is 9.59 Å². The molecule has 4 heteroatoms. The fraction of sp³-hybridized carbons (Fsp3) is 0.273. The smallest absolute Gasteiger partial charge is 0.394 e. The Balaban J connectivity index is 3.06. The maximum atomic E-state index is 11.2. The van der Waals surface area contributed by atoms with Gasteiger partial charge in [0.05, 0.1) is 0 Å². The van der Waals surface area contributed by atoms with Gasteiger partial charge in [-0.15, -0.1) is 0 Å². The minimum absolute atomic E-state index is 0.619. The SMILES string of the molecule is Cc1ccc(N(C)C(=O)C(=O)O)c(C)c1. The standard InChI is InChI=1S/C11H13NO3/c1-7-4-5-9(8(2)6-7)12(3)10(13)11(14)15/h4-6H,1-3H3,(H,14,15). The first kappa shape index (κ1) is 11.2. The van der Waals surface area contributed by atoms with E-state index in [-0.39, 0.29) is 0 Å². The van der Waals surface area contributed by atoms with E-state index in [0.717, 1.165) is 16.0 Å².